The van der Waals surface area contributed by atoms with Crippen LogP contribution in [0, 0.1) is 24.2 Å². The number of benzene rings is 1. The fourth-order valence-corrected chi connectivity index (χ4v) is 5.84. The van der Waals surface area contributed by atoms with Crippen LogP contribution < -0.4 is 10.1 Å². The van der Waals surface area contributed by atoms with E-state index in [0.29, 0.717) is 29.7 Å². The molecule has 6 nitrogen and oxygen atoms in total. The van der Waals surface area contributed by atoms with E-state index in [-0.39, 0.29) is 12.6 Å². The van der Waals surface area contributed by atoms with Gasteiger partial charge in [-0.25, -0.2) is 0 Å². The molecule has 0 unspecified atom stereocenters. The summed E-state index contributed by atoms with van der Waals surface area (Å²) in [6.07, 6.45) is 4.72. The first-order chi connectivity index (χ1) is 12.8. The topological polar surface area (TPSA) is 84.9 Å². The molecule has 4 fully saturated rings. The van der Waals surface area contributed by atoms with Crippen molar-refractivity contribution in [3.8, 4) is 5.75 Å². The van der Waals surface area contributed by atoms with Crippen LogP contribution >= 0.6 is 0 Å². The van der Waals surface area contributed by atoms with E-state index in [1.807, 2.05) is 19.1 Å². The van der Waals surface area contributed by atoms with E-state index in [9.17, 15) is 14.7 Å². The lowest BCUT2D eigenvalue weighted by Gasteiger charge is -2.58. The SMILES string of the molecule is COc1ccc(C)cc1NC(=O)COC(=O)C12C[C@H]3C[C@@H](CC(O)(C3)C1)C2. The predicted molar refractivity (Wildman–Crippen MR) is 99.4 cm³/mol. The van der Waals surface area contributed by atoms with Gasteiger partial charge in [-0.3, -0.25) is 9.59 Å². The van der Waals surface area contributed by atoms with E-state index in [0.717, 1.165) is 37.7 Å². The van der Waals surface area contributed by atoms with E-state index < -0.39 is 16.9 Å². The maximum absolute atomic E-state index is 12.8. The van der Waals surface area contributed by atoms with Crippen LogP contribution in [0.15, 0.2) is 18.2 Å². The van der Waals surface area contributed by atoms with Crippen LogP contribution in [0.4, 0.5) is 5.69 Å². The molecule has 4 saturated carbocycles. The molecule has 1 aromatic carbocycles. The average molecular weight is 373 g/mol. The molecule has 4 aliphatic carbocycles. The van der Waals surface area contributed by atoms with Crippen molar-refractivity contribution in [2.24, 2.45) is 17.3 Å². The number of ether oxygens (including phenoxy) is 2. The summed E-state index contributed by atoms with van der Waals surface area (Å²) >= 11 is 0. The molecular formula is C21H27NO5. The van der Waals surface area contributed by atoms with Gasteiger partial charge in [-0.05, 0) is 75.0 Å². The van der Waals surface area contributed by atoms with E-state index in [4.69, 9.17) is 9.47 Å². The molecule has 0 saturated heterocycles. The standard InChI is InChI=1S/C21H27NO5/c1-13-3-4-17(26-2)16(5-13)22-18(23)11-27-19(24)20-7-14-6-15(8-20)10-21(25,9-14)12-20/h3-5,14-15,25H,6-12H2,1-2H3,(H,22,23)/t14-,15-,20?,21?/m1/s1. The second kappa shape index (κ2) is 6.51. The Morgan fingerprint density at radius 3 is 2.56 bits per heavy atom. The summed E-state index contributed by atoms with van der Waals surface area (Å²) in [6.45, 7) is 1.60. The Labute approximate surface area is 159 Å². The smallest absolute Gasteiger partial charge is 0.312 e. The quantitative estimate of drug-likeness (QED) is 0.776. The van der Waals surface area contributed by atoms with E-state index in [1.165, 1.54) is 7.11 Å². The summed E-state index contributed by atoms with van der Waals surface area (Å²) in [5, 5.41) is 13.5. The van der Waals surface area contributed by atoms with Gasteiger partial charge in [0, 0.05) is 0 Å². The summed E-state index contributed by atoms with van der Waals surface area (Å²) in [4.78, 5) is 25.1. The van der Waals surface area contributed by atoms with Crippen LogP contribution in [0.3, 0.4) is 0 Å². The number of hydrogen-bond acceptors (Lipinski definition) is 5. The lowest BCUT2D eigenvalue weighted by atomic mass is 9.48. The first kappa shape index (κ1) is 18.3. The number of hydrogen-bond donors (Lipinski definition) is 2. The normalized spacial score (nSPS) is 33.6. The van der Waals surface area contributed by atoms with Crippen molar-refractivity contribution < 1.29 is 24.2 Å². The van der Waals surface area contributed by atoms with Crippen LogP contribution in [-0.4, -0.2) is 36.3 Å². The number of nitrogens with one attached hydrogen (secondary N) is 1. The minimum absolute atomic E-state index is 0.328. The number of carbonyl (C=O) groups is 2. The summed E-state index contributed by atoms with van der Waals surface area (Å²) in [7, 11) is 1.54. The van der Waals surface area contributed by atoms with Crippen molar-refractivity contribution in [1.29, 1.82) is 0 Å². The van der Waals surface area contributed by atoms with E-state index in [2.05, 4.69) is 5.32 Å². The lowest BCUT2D eigenvalue weighted by molar-refractivity contribution is -0.196. The number of aliphatic hydroxyl groups is 1. The zero-order chi connectivity index (χ0) is 19.2. The highest BCUT2D eigenvalue weighted by Gasteiger charge is 2.60. The Morgan fingerprint density at radius 2 is 1.93 bits per heavy atom. The van der Waals surface area contributed by atoms with Gasteiger partial charge in [0.05, 0.1) is 23.8 Å². The Morgan fingerprint density at radius 1 is 1.22 bits per heavy atom. The van der Waals surface area contributed by atoms with Crippen LogP contribution in [0.25, 0.3) is 0 Å². The zero-order valence-electron chi connectivity index (χ0n) is 15.9. The first-order valence-corrected chi connectivity index (χ1v) is 9.65. The zero-order valence-corrected chi connectivity index (χ0v) is 15.9. The molecule has 27 heavy (non-hydrogen) atoms. The monoisotopic (exact) mass is 373 g/mol. The van der Waals surface area contributed by atoms with Gasteiger partial charge in [0.15, 0.2) is 6.61 Å². The second-order valence-electron chi connectivity index (χ2n) is 8.79. The summed E-state index contributed by atoms with van der Waals surface area (Å²) < 4.78 is 10.7. The Kier molecular flexibility index (Phi) is 4.41. The molecule has 4 aliphatic rings. The van der Waals surface area contributed by atoms with Gasteiger partial charge >= 0.3 is 5.97 Å². The summed E-state index contributed by atoms with van der Waals surface area (Å²) in [5.41, 5.74) is 0.216. The molecule has 2 atom stereocenters. The molecule has 1 amide bonds. The lowest BCUT2D eigenvalue weighted by Crippen LogP contribution is -2.58. The number of aryl methyl sites for hydroxylation is 1. The van der Waals surface area contributed by atoms with Gasteiger partial charge < -0.3 is 19.9 Å². The molecule has 0 aliphatic heterocycles. The molecule has 1 aromatic rings. The van der Waals surface area contributed by atoms with Gasteiger partial charge in [0.1, 0.15) is 5.75 Å². The molecule has 0 aromatic heterocycles. The number of carbonyl (C=O) groups excluding carboxylic acids is 2. The Bertz CT molecular complexity index is 760. The van der Waals surface area contributed by atoms with Gasteiger partial charge in [0.2, 0.25) is 0 Å². The molecular weight excluding hydrogens is 346 g/mol. The fourth-order valence-electron chi connectivity index (χ4n) is 5.84. The molecule has 146 valence electrons. The Balaban J connectivity index is 1.38. The van der Waals surface area contributed by atoms with Crippen molar-refractivity contribution in [2.45, 2.75) is 51.0 Å². The van der Waals surface area contributed by atoms with Gasteiger partial charge in [0.25, 0.3) is 5.91 Å². The maximum atomic E-state index is 12.8. The number of rotatable bonds is 5. The molecule has 0 spiro atoms. The van der Waals surface area contributed by atoms with E-state index in [1.54, 1.807) is 6.07 Å². The minimum atomic E-state index is -0.722. The van der Waals surface area contributed by atoms with Crippen LogP contribution in [0.2, 0.25) is 0 Å². The van der Waals surface area contributed by atoms with Crippen molar-refractivity contribution in [1.82, 2.24) is 0 Å². The van der Waals surface area contributed by atoms with Crippen molar-refractivity contribution in [3.05, 3.63) is 23.8 Å². The van der Waals surface area contributed by atoms with Gasteiger partial charge in [-0.1, -0.05) is 6.07 Å². The van der Waals surface area contributed by atoms with Gasteiger partial charge in [-0.2, -0.15) is 0 Å². The van der Waals surface area contributed by atoms with Crippen LogP contribution in [0.1, 0.15) is 44.1 Å². The maximum Gasteiger partial charge on any atom is 0.312 e. The fraction of sp³-hybridized carbons (Fsp3) is 0.619. The predicted octanol–water partition coefficient (Wildman–Crippen LogP) is 2.82. The average Bonchev–Trinajstić information content (AvgIpc) is 2.57. The summed E-state index contributed by atoms with van der Waals surface area (Å²) in [5.74, 6) is 0.629. The van der Waals surface area contributed by atoms with Gasteiger partial charge in [-0.15, -0.1) is 0 Å². The van der Waals surface area contributed by atoms with Crippen LogP contribution in [-0.2, 0) is 14.3 Å². The van der Waals surface area contributed by atoms with Crippen molar-refractivity contribution >= 4 is 17.6 Å². The minimum Gasteiger partial charge on any atom is -0.495 e. The third-order valence-corrected chi connectivity index (χ3v) is 6.43. The highest BCUT2D eigenvalue weighted by atomic mass is 16.5. The molecule has 5 rings (SSSR count). The largest absolute Gasteiger partial charge is 0.495 e. The molecule has 4 bridgehead atoms. The van der Waals surface area contributed by atoms with Crippen LogP contribution in [0.5, 0.6) is 5.75 Å². The second-order valence-corrected chi connectivity index (χ2v) is 8.79. The summed E-state index contributed by atoms with van der Waals surface area (Å²) in [6, 6.07) is 5.49. The number of anilines is 1. The highest BCUT2D eigenvalue weighted by molar-refractivity contribution is 5.94. The number of esters is 1. The number of amides is 1. The molecule has 6 heteroatoms. The third-order valence-electron chi connectivity index (χ3n) is 6.43. The Hall–Kier alpha value is -2.08. The van der Waals surface area contributed by atoms with Crippen molar-refractivity contribution in [2.75, 3.05) is 19.0 Å². The number of methoxy groups -OCH3 is 1. The highest BCUT2D eigenvalue weighted by Crippen LogP contribution is 2.61. The first-order valence-electron chi connectivity index (χ1n) is 9.65. The van der Waals surface area contributed by atoms with E-state index >= 15 is 0 Å². The molecule has 2 N–H and O–H groups in total. The third kappa shape index (κ3) is 3.43. The molecule has 0 radical (unpaired) electrons. The molecule has 0 heterocycles. The van der Waals surface area contributed by atoms with Crippen molar-refractivity contribution in [3.63, 3.8) is 0 Å².